The molecule has 0 aliphatic rings. The van der Waals surface area contributed by atoms with Crippen LogP contribution in [0.25, 0.3) is 0 Å². The molecule has 0 fully saturated rings. The van der Waals surface area contributed by atoms with Crippen molar-refractivity contribution < 1.29 is 14.2 Å². The summed E-state index contributed by atoms with van der Waals surface area (Å²) >= 11 is 0. The second-order valence-electron chi connectivity index (χ2n) is 3.62. The predicted octanol–water partition coefficient (Wildman–Crippen LogP) is 1.96. The molecule has 82 valence electrons. The number of aromatic amines is 1. The van der Waals surface area contributed by atoms with E-state index in [9.17, 15) is 4.79 Å². The number of nitrogens with one attached hydrogen (secondary N) is 2. The summed E-state index contributed by atoms with van der Waals surface area (Å²) in [7, 11) is 0. The number of pyridine rings is 1. The van der Waals surface area contributed by atoms with Crippen molar-refractivity contribution in [2.75, 3.05) is 5.32 Å². The monoisotopic (exact) mass is 217 g/mol. The first-order valence-corrected chi connectivity index (χ1v) is 5.00. The van der Waals surface area contributed by atoms with Crippen molar-refractivity contribution >= 4 is 11.7 Å². The van der Waals surface area contributed by atoms with E-state index in [0.29, 0.717) is 17.1 Å². The summed E-state index contributed by atoms with van der Waals surface area (Å²) in [5.41, 5.74) is 1.63. The third-order valence-corrected chi connectivity index (χ3v) is 2.31. The molecule has 2 rings (SSSR count). The molecule has 2 aromatic rings. The van der Waals surface area contributed by atoms with Crippen LogP contribution in [0.2, 0.25) is 0 Å². The number of hydrogen-bond acceptors (Lipinski definition) is 2. The second kappa shape index (κ2) is 4.18. The molecule has 2 N–H and O–H groups in total. The van der Waals surface area contributed by atoms with Crippen LogP contribution in [0.5, 0.6) is 0 Å². The van der Waals surface area contributed by atoms with Crippen LogP contribution >= 0.6 is 0 Å². The van der Waals surface area contributed by atoms with Gasteiger partial charge in [-0.05, 0) is 31.5 Å². The van der Waals surface area contributed by atoms with Gasteiger partial charge in [-0.3, -0.25) is 0 Å². The average molecular weight is 217 g/mol. The van der Waals surface area contributed by atoms with Crippen molar-refractivity contribution in [3.05, 3.63) is 47.5 Å². The number of anilines is 1. The van der Waals surface area contributed by atoms with Crippen LogP contribution in [0.4, 0.5) is 5.82 Å². The Bertz CT molecular complexity index is 517. The number of furan rings is 1. The molecule has 0 bridgehead atoms. The van der Waals surface area contributed by atoms with Gasteiger partial charge in [-0.1, -0.05) is 0 Å². The molecule has 0 radical (unpaired) electrons. The summed E-state index contributed by atoms with van der Waals surface area (Å²) in [5.74, 6) is 1.11. The molecule has 4 heteroatoms. The van der Waals surface area contributed by atoms with E-state index in [2.05, 4.69) is 10.3 Å². The maximum Gasteiger partial charge on any atom is 0.342 e. The van der Waals surface area contributed by atoms with Gasteiger partial charge < -0.3 is 4.42 Å². The number of aromatic nitrogens is 1. The number of aryl methyl sites for hydroxylation is 2. The third kappa shape index (κ3) is 2.11. The Morgan fingerprint density at radius 3 is 2.81 bits per heavy atom. The van der Waals surface area contributed by atoms with E-state index in [0.717, 1.165) is 5.56 Å². The Morgan fingerprint density at radius 2 is 2.19 bits per heavy atom. The molecule has 0 saturated heterocycles. The maximum atomic E-state index is 11.8. The number of carbonyl (C=O) groups excluding carboxylic acids is 1. The molecule has 4 nitrogen and oxygen atoms in total. The molecule has 0 aliphatic heterocycles. The Hall–Kier alpha value is -2.10. The van der Waals surface area contributed by atoms with Crippen molar-refractivity contribution in [3.63, 3.8) is 0 Å². The van der Waals surface area contributed by atoms with E-state index in [1.165, 1.54) is 6.26 Å². The molecule has 0 aliphatic carbocycles. The molecule has 16 heavy (non-hydrogen) atoms. The minimum absolute atomic E-state index is 0.173. The van der Waals surface area contributed by atoms with Gasteiger partial charge in [0.05, 0.1) is 12.5 Å². The summed E-state index contributed by atoms with van der Waals surface area (Å²) in [4.78, 5) is 14.8. The highest BCUT2D eigenvalue weighted by Crippen LogP contribution is 2.11. The molecular formula is C12H13N2O2+. The fourth-order valence-electron chi connectivity index (χ4n) is 1.46. The quantitative estimate of drug-likeness (QED) is 0.836. The van der Waals surface area contributed by atoms with Crippen molar-refractivity contribution in [1.82, 2.24) is 0 Å². The normalized spacial score (nSPS) is 10.1. The summed E-state index contributed by atoms with van der Waals surface area (Å²) < 4.78 is 5.08. The van der Waals surface area contributed by atoms with Crippen LogP contribution in [-0.4, -0.2) is 5.91 Å². The number of carbonyl (C=O) groups is 1. The lowest BCUT2D eigenvalue weighted by Gasteiger charge is -1.97. The smallest absolute Gasteiger partial charge is 0.342 e. The fourth-order valence-corrected chi connectivity index (χ4v) is 1.46. The van der Waals surface area contributed by atoms with Gasteiger partial charge in [0.2, 0.25) is 0 Å². The van der Waals surface area contributed by atoms with Gasteiger partial charge in [0.25, 0.3) is 5.82 Å². The zero-order valence-electron chi connectivity index (χ0n) is 9.20. The summed E-state index contributed by atoms with van der Waals surface area (Å²) in [6.07, 6.45) is 3.29. The minimum Gasteiger partial charge on any atom is -0.469 e. The van der Waals surface area contributed by atoms with Crippen LogP contribution in [0, 0.1) is 13.8 Å². The molecule has 0 spiro atoms. The highest BCUT2D eigenvalue weighted by molar-refractivity contribution is 6.04. The fraction of sp³-hybridized carbons (Fsp3) is 0.167. The summed E-state index contributed by atoms with van der Waals surface area (Å²) in [6, 6.07) is 5.45. The topological polar surface area (TPSA) is 56.4 Å². The molecule has 2 heterocycles. The van der Waals surface area contributed by atoms with E-state index in [1.54, 1.807) is 19.2 Å². The minimum atomic E-state index is -0.173. The number of H-pyrrole nitrogens is 1. The lowest BCUT2D eigenvalue weighted by atomic mass is 10.2. The van der Waals surface area contributed by atoms with Crippen molar-refractivity contribution in [3.8, 4) is 0 Å². The van der Waals surface area contributed by atoms with Crippen LogP contribution in [0.15, 0.2) is 35.1 Å². The first-order chi connectivity index (χ1) is 7.66. The van der Waals surface area contributed by atoms with Crippen LogP contribution in [0.3, 0.4) is 0 Å². The van der Waals surface area contributed by atoms with Gasteiger partial charge in [-0.2, -0.15) is 0 Å². The van der Waals surface area contributed by atoms with E-state index in [4.69, 9.17) is 4.42 Å². The van der Waals surface area contributed by atoms with Crippen LogP contribution in [0.1, 0.15) is 21.7 Å². The predicted molar refractivity (Wildman–Crippen MR) is 59.1 cm³/mol. The lowest BCUT2D eigenvalue weighted by Crippen LogP contribution is -2.19. The molecule has 0 atom stereocenters. The van der Waals surface area contributed by atoms with Gasteiger partial charge in [-0.25, -0.2) is 15.1 Å². The first-order valence-electron chi connectivity index (χ1n) is 5.00. The Labute approximate surface area is 93.3 Å². The first kappa shape index (κ1) is 10.4. The highest BCUT2D eigenvalue weighted by Gasteiger charge is 2.16. The second-order valence-corrected chi connectivity index (χ2v) is 3.62. The molecule has 0 unspecified atom stereocenters. The molecule has 0 saturated carbocycles. The van der Waals surface area contributed by atoms with E-state index < -0.39 is 0 Å². The average Bonchev–Trinajstić information content (AvgIpc) is 2.64. The zero-order valence-corrected chi connectivity index (χ0v) is 9.20. The van der Waals surface area contributed by atoms with Gasteiger partial charge in [-0.15, -0.1) is 0 Å². The van der Waals surface area contributed by atoms with Gasteiger partial charge in [0.15, 0.2) is 0 Å². The standard InChI is InChI=1S/C12H12N2O2/c1-8-3-5-13-11(7-8)14-12(15)10-4-6-16-9(10)2/h3-7H,1-2H3,(H,13,14,15)/p+1. The van der Waals surface area contributed by atoms with Crippen molar-refractivity contribution in [2.24, 2.45) is 0 Å². The SMILES string of the molecule is Cc1cc[nH+]c(NC(=O)c2ccoc2C)c1. The number of rotatable bonds is 2. The van der Waals surface area contributed by atoms with Gasteiger partial charge in [0.1, 0.15) is 11.3 Å². The van der Waals surface area contributed by atoms with Gasteiger partial charge in [0, 0.05) is 6.07 Å². The largest absolute Gasteiger partial charge is 0.469 e. The highest BCUT2D eigenvalue weighted by atomic mass is 16.3. The molecule has 0 aromatic carbocycles. The van der Waals surface area contributed by atoms with Crippen molar-refractivity contribution in [2.45, 2.75) is 13.8 Å². The zero-order chi connectivity index (χ0) is 11.5. The van der Waals surface area contributed by atoms with Gasteiger partial charge >= 0.3 is 5.91 Å². The third-order valence-electron chi connectivity index (χ3n) is 2.31. The van der Waals surface area contributed by atoms with E-state index >= 15 is 0 Å². The van der Waals surface area contributed by atoms with Crippen LogP contribution < -0.4 is 10.3 Å². The van der Waals surface area contributed by atoms with E-state index in [-0.39, 0.29) is 5.91 Å². The molecule has 1 amide bonds. The van der Waals surface area contributed by atoms with Crippen molar-refractivity contribution in [1.29, 1.82) is 0 Å². The lowest BCUT2D eigenvalue weighted by molar-refractivity contribution is -0.360. The number of hydrogen-bond donors (Lipinski definition) is 1. The summed E-state index contributed by atoms with van der Waals surface area (Å²) in [6.45, 7) is 3.72. The molecule has 2 aromatic heterocycles. The summed E-state index contributed by atoms with van der Waals surface area (Å²) in [5, 5.41) is 2.77. The molecular weight excluding hydrogens is 204 g/mol. The van der Waals surface area contributed by atoms with Crippen LogP contribution in [-0.2, 0) is 0 Å². The van der Waals surface area contributed by atoms with E-state index in [1.807, 2.05) is 19.1 Å². The Balaban J connectivity index is 2.17. The number of amides is 1. The maximum absolute atomic E-state index is 11.8. The Morgan fingerprint density at radius 1 is 1.38 bits per heavy atom. The Kier molecular flexibility index (Phi) is 2.72.